The molecular formula is C28H33N5O4. The number of carbonyl (C=O) groups is 2. The summed E-state index contributed by atoms with van der Waals surface area (Å²) in [6.45, 7) is 4.38. The molecule has 2 aromatic rings. The van der Waals surface area contributed by atoms with Crippen molar-refractivity contribution in [3.05, 3.63) is 47.7 Å². The Morgan fingerprint density at radius 3 is 2.62 bits per heavy atom. The van der Waals surface area contributed by atoms with Crippen LogP contribution >= 0.6 is 0 Å². The largest absolute Gasteiger partial charge is 0.474 e. The molecule has 3 aliphatic heterocycles. The van der Waals surface area contributed by atoms with Gasteiger partial charge in [0.2, 0.25) is 11.8 Å². The normalized spacial score (nSPS) is 22.7. The Bertz CT molecular complexity index is 1190. The fraction of sp³-hybridized carbons (Fsp3) is 0.500. The minimum atomic E-state index is -0.855. The first-order chi connectivity index (χ1) is 17.9. The number of piperidine rings is 1. The molecule has 1 unspecified atom stereocenters. The summed E-state index contributed by atoms with van der Waals surface area (Å²) in [4.78, 5) is 31.8. The Morgan fingerprint density at radius 2 is 1.92 bits per heavy atom. The minimum absolute atomic E-state index is 0.0280. The van der Waals surface area contributed by atoms with Crippen LogP contribution in [0.1, 0.15) is 43.7 Å². The summed E-state index contributed by atoms with van der Waals surface area (Å²) in [7, 11) is 0. The number of ether oxygens (including phenoxy) is 1. The SMILES string of the molecule is CC(Oc1ccc(-c2ccc3c(c2)CN[C@H](C(=O)N2CCC[C@H]2C#N)C3)cn1)C1CCN(C(=O)O)CC1. The first-order valence-corrected chi connectivity index (χ1v) is 13.1. The Balaban J connectivity index is 1.19. The summed E-state index contributed by atoms with van der Waals surface area (Å²) in [6, 6.07) is 11.9. The lowest BCUT2D eigenvalue weighted by atomic mass is 9.92. The molecule has 0 saturated carbocycles. The van der Waals surface area contributed by atoms with Crippen molar-refractivity contribution < 1.29 is 19.4 Å². The quantitative estimate of drug-likeness (QED) is 0.642. The van der Waals surface area contributed by atoms with Crippen molar-refractivity contribution in [3.8, 4) is 23.1 Å². The number of amides is 2. The molecule has 9 nitrogen and oxygen atoms in total. The molecule has 194 valence electrons. The van der Waals surface area contributed by atoms with Crippen LogP contribution in [-0.4, -0.2) is 69.7 Å². The third-order valence-corrected chi connectivity index (χ3v) is 8.00. The molecule has 2 fully saturated rings. The fourth-order valence-electron chi connectivity index (χ4n) is 5.70. The topological polar surface area (TPSA) is 119 Å². The van der Waals surface area contributed by atoms with Gasteiger partial charge in [-0.15, -0.1) is 0 Å². The van der Waals surface area contributed by atoms with Gasteiger partial charge in [0, 0.05) is 44.0 Å². The van der Waals surface area contributed by atoms with Gasteiger partial charge < -0.3 is 25.0 Å². The van der Waals surface area contributed by atoms with Crippen molar-refractivity contribution in [1.82, 2.24) is 20.1 Å². The lowest BCUT2D eigenvalue weighted by Crippen LogP contribution is -2.50. The second kappa shape index (κ2) is 10.8. The Kier molecular flexibility index (Phi) is 7.28. The molecule has 3 aliphatic rings. The highest BCUT2D eigenvalue weighted by molar-refractivity contribution is 5.83. The molecule has 5 rings (SSSR count). The summed E-state index contributed by atoms with van der Waals surface area (Å²) in [6.07, 6.45) is 4.77. The van der Waals surface area contributed by atoms with Crippen molar-refractivity contribution >= 4 is 12.0 Å². The number of nitrogens with zero attached hydrogens (tertiary/aromatic N) is 4. The monoisotopic (exact) mass is 503 g/mol. The number of carbonyl (C=O) groups excluding carboxylic acids is 1. The molecule has 2 saturated heterocycles. The van der Waals surface area contributed by atoms with Crippen molar-refractivity contribution in [2.45, 2.75) is 63.8 Å². The third kappa shape index (κ3) is 5.39. The van der Waals surface area contributed by atoms with E-state index in [0.29, 0.717) is 44.4 Å². The summed E-state index contributed by atoms with van der Waals surface area (Å²) >= 11 is 0. The number of nitriles is 1. The number of carboxylic acid groups (broad SMARTS) is 1. The molecule has 2 N–H and O–H groups in total. The zero-order valence-corrected chi connectivity index (χ0v) is 21.1. The standard InChI is InChI=1S/C28H33N5O4/c1-18(19-8-11-32(12-9-19)28(35)36)37-26-7-6-22(16-31-26)20-4-5-21-14-25(30-17-23(21)13-20)27(34)33-10-2-3-24(33)15-29/h4-7,13,16,18-19,24-25,30H,2-3,8-12,14,17H2,1H3,(H,35,36)/t18?,24-,25-/m0/s1. The van der Waals surface area contributed by atoms with Crippen molar-refractivity contribution in [1.29, 1.82) is 5.26 Å². The Hall–Kier alpha value is -3.64. The summed E-state index contributed by atoms with van der Waals surface area (Å²) in [5.41, 5.74) is 4.37. The molecule has 1 aromatic carbocycles. The number of likely N-dealkylation sites (tertiary alicyclic amines) is 2. The van der Waals surface area contributed by atoms with Crippen molar-refractivity contribution in [2.75, 3.05) is 19.6 Å². The Labute approximate surface area is 217 Å². The van der Waals surface area contributed by atoms with Gasteiger partial charge in [-0.05, 0) is 73.8 Å². The van der Waals surface area contributed by atoms with Gasteiger partial charge in [-0.1, -0.05) is 12.1 Å². The minimum Gasteiger partial charge on any atom is -0.474 e. The molecule has 0 radical (unpaired) electrons. The van der Waals surface area contributed by atoms with Gasteiger partial charge in [-0.25, -0.2) is 9.78 Å². The van der Waals surface area contributed by atoms with E-state index < -0.39 is 6.09 Å². The van der Waals surface area contributed by atoms with Crippen LogP contribution < -0.4 is 10.1 Å². The van der Waals surface area contributed by atoms with Gasteiger partial charge in [0.25, 0.3) is 0 Å². The number of fused-ring (bicyclic) bond motifs is 1. The molecule has 1 aromatic heterocycles. The van der Waals surface area contributed by atoms with Gasteiger partial charge in [0.15, 0.2) is 0 Å². The lowest BCUT2D eigenvalue weighted by Gasteiger charge is -2.33. The van der Waals surface area contributed by atoms with Crippen LogP contribution in [-0.2, 0) is 17.8 Å². The Morgan fingerprint density at radius 1 is 1.14 bits per heavy atom. The first-order valence-electron chi connectivity index (χ1n) is 13.1. The van der Waals surface area contributed by atoms with Gasteiger partial charge in [-0.2, -0.15) is 5.26 Å². The van der Waals surface area contributed by atoms with E-state index in [2.05, 4.69) is 34.6 Å². The zero-order chi connectivity index (χ0) is 25.9. The molecule has 9 heteroatoms. The van der Waals surface area contributed by atoms with Crippen LogP contribution in [0.3, 0.4) is 0 Å². The van der Waals surface area contributed by atoms with Crippen LogP contribution in [0.25, 0.3) is 11.1 Å². The molecule has 0 aliphatic carbocycles. The van der Waals surface area contributed by atoms with E-state index in [9.17, 15) is 14.9 Å². The first kappa shape index (κ1) is 25.0. The van der Waals surface area contributed by atoms with Crippen LogP contribution in [0.5, 0.6) is 5.88 Å². The number of pyridine rings is 1. The molecular weight excluding hydrogens is 470 g/mol. The number of benzene rings is 1. The lowest BCUT2D eigenvalue weighted by molar-refractivity contribution is -0.133. The van der Waals surface area contributed by atoms with E-state index in [-0.39, 0.29) is 24.1 Å². The van der Waals surface area contributed by atoms with Crippen LogP contribution in [0.2, 0.25) is 0 Å². The van der Waals surface area contributed by atoms with E-state index in [0.717, 1.165) is 42.4 Å². The highest BCUT2D eigenvalue weighted by Gasteiger charge is 2.34. The zero-order valence-electron chi connectivity index (χ0n) is 21.1. The maximum atomic E-state index is 13.0. The fourth-order valence-corrected chi connectivity index (χ4v) is 5.70. The number of rotatable bonds is 5. The molecule has 4 heterocycles. The average Bonchev–Trinajstić information content (AvgIpc) is 3.41. The highest BCUT2D eigenvalue weighted by Crippen LogP contribution is 2.29. The third-order valence-electron chi connectivity index (χ3n) is 8.00. The number of nitrogens with one attached hydrogen (secondary N) is 1. The van der Waals surface area contributed by atoms with Crippen molar-refractivity contribution in [2.24, 2.45) is 5.92 Å². The van der Waals surface area contributed by atoms with E-state index in [1.165, 1.54) is 10.5 Å². The second-order valence-electron chi connectivity index (χ2n) is 10.3. The summed E-state index contributed by atoms with van der Waals surface area (Å²) in [5, 5.41) is 21.8. The van der Waals surface area contributed by atoms with Crippen LogP contribution in [0.4, 0.5) is 4.79 Å². The van der Waals surface area contributed by atoms with Crippen molar-refractivity contribution in [3.63, 3.8) is 0 Å². The predicted molar refractivity (Wildman–Crippen MR) is 137 cm³/mol. The number of aromatic nitrogens is 1. The van der Waals surface area contributed by atoms with E-state index in [1.54, 1.807) is 4.90 Å². The van der Waals surface area contributed by atoms with Gasteiger partial charge in [0.05, 0.1) is 12.1 Å². The maximum absolute atomic E-state index is 13.0. The smallest absolute Gasteiger partial charge is 0.407 e. The average molecular weight is 504 g/mol. The number of hydrogen-bond donors (Lipinski definition) is 2. The van der Waals surface area contributed by atoms with Gasteiger partial charge in [0.1, 0.15) is 12.1 Å². The van der Waals surface area contributed by atoms with Gasteiger partial charge in [-0.3, -0.25) is 4.79 Å². The molecule has 2 amide bonds. The van der Waals surface area contributed by atoms with E-state index in [4.69, 9.17) is 9.84 Å². The van der Waals surface area contributed by atoms with E-state index >= 15 is 0 Å². The predicted octanol–water partition coefficient (Wildman–Crippen LogP) is 3.43. The molecule has 0 bridgehead atoms. The number of hydrogen-bond acceptors (Lipinski definition) is 6. The summed E-state index contributed by atoms with van der Waals surface area (Å²) in [5.74, 6) is 0.896. The summed E-state index contributed by atoms with van der Waals surface area (Å²) < 4.78 is 6.08. The molecule has 3 atom stereocenters. The van der Waals surface area contributed by atoms with Gasteiger partial charge >= 0.3 is 6.09 Å². The van der Waals surface area contributed by atoms with Crippen LogP contribution in [0.15, 0.2) is 36.5 Å². The molecule has 37 heavy (non-hydrogen) atoms. The highest BCUT2D eigenvalue weighted by atomic mass is 16.5. The second-order valence-corrected chi connectivity index (χ2v) is 10.3. The van der Waals surface area contributed by atoms with E-state index in [1.807, 2.05) is 25.3 Å². The van der Waals surface area contributed by atoms with Crippen LogP contribution in [0, 0.1) is 17.2 Å². The maximum Gasteiger partial charge on any atom is 0.407 e. The molecule has 0 spiro atoms.